The van der Waals surface area contributed by atoms with Crippen molar-refractivity contribution >= 4 is 11.6 Å². The fraction of sp³-hybridized carbons (Fsp3) is 0.600. The molecule has 0 saturated heterocycles. The molecule has 0 aromatic heterocycles. The monoisotopic (exact) mass is 267 g/mol. The number of halogens is 1. The molecule has 1 saturated carbocycles. The predicted octanol–water partition coefficient (Wildman–Crippen LogP) is 3.19. The normalized spacial score (nSPS) is 26.4. The molecule has 18 heavy (non-hydrogen) atoms. The van der Waals surface area contributed by atoms with Gasteiger partial charge in [0.05, 0.1) is 0 Å². The fourth-order valence-electron chi connectivity index (χ4n) is 2.48. The Bertz CT molecular complexity index is 390. The SMILES string of the molecule is CC(CO)C(C)NC1CC(c2cccc(Cl)c2)C1. The molecule has 1 aromatic carbocycles. The molecule has 0 radical (unpaired) electrons. The van der Waals surface area contributed by atoms with E-state index in [1.165, 1.54) is 18.4 Å². The number of rotatable bonds is 5. The van der Waals surface area contributed by atoms with Crippen LogP contribution in [0.2, 0.25) is 5.02 Å². The van der Waals surface area contributed by atoms with Crippen LogP contribution in [0.25, 0.3) is 0 Å². The Morgan fingerprint density at radius 1 is 1.39 bits per heavy atom. The summed E-state index contributed by atoms with van der Waals surface area (Å²) < 4.78 is 0. The van der Waals surface area contributed by atoms with E-state index in [-0.39, 0.29) is 6.61 Å². The zero-order valence-electron chi connectivity index (χ0n) is 11.1. The Balaban J connectivity index is 1.80. The second-order valence-electron chi connectivity index (χ2n) is 5.54. The van der Waals surface area contributed by atoms with Crippen molar-refractivity contribution in [1.29, 1.82) is 0 Å². The van der Waals surface area contributed by atoms with Crippen molar-refractivity contribution in [1.82, 2.24) is 5.32 Å². The third-order valence-corrected chi connectivity index (χ3v) is 4.33. The number of aliphatic hydroxyl groups excluding tert-OH is 1. The summed E-state index contributed by atoms with van der Waals surface area (Å²) in [5.74, 6) is 0.952. The molecule has 0 spiro atoms. The number of hydrogen-bond donors (Lipinski definition) is 2. The first-order valence-electron chi connectivity index (χ1n) is 6.72. The van der Waals surface area contributed by atoms with Gasteiger partial charge in [-0.05, 0) is 49.3 Å². The topological polar surface area (TPSA) is 32.3 Å². The molecule has 1 fully saturated rings. The molecule has 1 aliphatic carbocycles. The minimum Gasteiger partial charge on any atom is -0.396 e. The van der Waals surface area contributed by atoms with E-state index in [4.69, 9.17) is 16.7 Å². The van der Waals surface area contributed by atoms with E-state index >= 15 is 0 Å². The molecule has 2 nitrogen and oxygen atoms in total. The number of hydrogen-bond acceptors (Lipinski definition) is 2. The Morgan fingerprint density at radius 2 is 2.11 bits per heavy atom. The maximum absolute atomic E-state index is 9.11. The van der Waals surface area contributed by atoms with Crippen molar-refractivity contribution in [2.75, 3.05) is 6.61 Å². The fourth-order valence-corrected chi connectivity index (χ4v) is 2.68. The standard InChI is InChI=1S/C15H22ClNO/c1-10(9-18)11(2)17-15-7-13(8-15)12-4-3-5-14(16)6-12/h3-6,10-11,13,15,17-18H,7-9H2,1-2H3. The summed E-state index contributed by atoms with van der Waals surface area (Å²) in [6.07, 6.45) is 2.34. The van der Waals surface area contributed by atoms with Gasteiger partial charge in [0.1, 0.15) is 0 Å². The summed E-state index contributed by atoms with van der Waals surface area (Å²) >= 11 is 6.01. The summed E-state index contributed by atoms with van der Waals surface area (Å²) in [5, 5.41) is 13.5. The highest BCUT2D eigenvalue weighted by Gasteiger charge is 2.31. The van der Waals surface area contributed by atoms with Gasteiger partial charge >= 0.3 is 0 Å². The van der Waals surface area contributed by atoms with E-state index in [1.54, 1.807) is 0 Å². The first kappa shape index (κ1) is 13.9. The molecule has 1 aliphatic rings. The summed E-state index contributed by atoms with van der Waals surface area (Å²) in [6.45, 7) is 4.47. The maximum atomic E-state index is 9.11. The molecule has 1 aromatic rings. The van der Waals surface area contributed by atoms with Crippen LogP contribution in [0.5, 0.6) is 0 Å². The maximum Gasteiger partial charge on any atom is 0.0471 e. The molecule has 2 rings (SSSR count). The van der Waals surface area contributed by atoms with E-state index in [0.717, 1.165) is 5.02 Å². The third kappa shape index (κ3) is 3.25. The van der Waals surface area contributed by atoms with Crippen LogP contribution in [0.3, 0.4) is 0 Å². The van der Waals surface area contributed by atoms with Crippen LogP contribution in [-0.4, -0.2) is 23.8 Å². The van der Waals surface area contributed by atoms with Crippen molar-refractivity contribution in [3.63, 3.8) is 0 Å². The molecular weight excluding hydrogens is 246 g/mol. The lowest BCUT2D eigenvalue weighted by Gasteiger charge is -2.39. The molecular formula is C15H22ClNO. The van der Waals surface area contributed by atoms with Crippen molar-refractivity contribution in [3.05, 3.63) is 34.9 Å². The van der Waals surface area contributed by atoms with E-state index in [1.807, 2.05) is 12.1 Å². The van der Waals surface area contributed by atoms with Crippen LogP contribution in [0.15, 0.2) is 24.3 Å². The van der Waals surface area contributed by atoms with Crippen LogP contribution in [-0.2, 0) is 0 Å². The van der Waals surface area contributed by atoms with Crippen LogP contribution >= 0.6 is 11.6 Å². The second kappa shape index (κ2) is 6.05. The quantitative estimate of drug-likeness (QED) is 0.859. The molecule has 3 heteroatoms. The smallest absolute Gasteiger partial charge is 0.0471 e. The van der Waals surface area contributed by atoms with E-state index in [9.17, 15) is 0 Å². The second-order valence-corrected chi connectivity index (χ2v) is 5.97. The largest absolute Gasteiger partial charge is 0.396 e. The first-order valence-corrected chi connectivity index (χ1v) is 7.10. The Labute approximate surface area is 114 Å². The van der Waals surface area contributed by atoms with Gasteiger partial charge in [-0.1, -0.05) is 30.7 Å². The van der Waals surface area contributed by atoms with Gasteiger partial charge in [0.25, 0.3) is 0 Å². The molecule has 0 aliphatic heterocycles. The van der Waals surface area contributed by atoms with Gasteiger partial charge in [-0.2, -0.15) is 0 Å². The molecule has 100 valence electrons. The lowest BCUT2D eigenvalue weighted by molar-refractivity contribution is 0.180. The van der Waals surface area contributed by atoms with E-state index in [2.05, 4.69) is 31.3 Å². The molecule has 2 N–H and O–H groups in total. The number of aliphatic hydroxyl groups is 1. The van der Waals surface area contributed by atoms with E-state index in [0.29, 0.717) is 23.9 Å². The van der Waals surface area contributed by atoms with Gasteiger partial charge in [0.15, 0.2) is 0 Å². The Morgan fingerprint density at radius 3 is 2.72 bits per heavy atom. The highest BCUT2D eigenvalue weighted by atomic mass is 35.5. The van der Waals surface area contributed by atoms with Crippen molar-refractivity contribution in [2.45, 2.75) is 44.7 Å². The van der Waals surface area contributed by atoms with Crippen molar-refractivity contribution in [2.24, 2.45) is 5.92 Å². The van der Waals surface area contributed by atoms with Crippen molar-refractivity contribution in [3.8, 4) is 0 Å². The average molecular weight is 268 g/mol. The first-order chi connectivity index (χ1) is 8.60. The molecule has 2 atom stereocenters. The van der Waals surface area contributed by atoms with Crippen LogP contribution in [0.4, 0.5) is 0 Å². The molecule has 0 amide bonds. The Hall–Kier alpha value is -0.570. The van der Waals surface area contributed by atoms with Gasteiger partial charge in [0.2, 0.25) is 0 Å². The van der Waals surface area contributed by atoms with Crippen LogP contribution < -0.4 is 5.32 Å². The molecule has 2 unspecified atom stereocenters. The van der Waals surface area contributed by atoms with Gasteiger partial charge < -0.3 is 10.4 Å². The lowest BCUT2D eigenvalue weighted by Crippen LogP contribution is -2.47. The van der Waals surface area contributed by atoms with E-state index < -0.39 is 0 Å². The lowest BCUT2D eigenvalue weighted by atomic mass is 9.75. The Kier molecular flexibility index (Phi) is 4.66. The zero-order valence-corrected chi connectivity index (χ0v) is 11.8. The summed E-state index contributed by atoms with van der Waals surface area (Å²) in [4.78, 5) is 0. The molecule has 0 bridgehead atoms. The van der Waals surface area contributed by atoms with Gasteiger partial charge in [0, 0.05) is 23.7 Å². The van der Waals surface area contributed by atoms with Crippen LogP contribution in [0.1, 0.15) is 38.2 Å². The molecule has 0 heterocycles. The minimum absolute atomic E-state index is 0.249. The van der Waals surface area contributed by atoms with Crippen molar-refractivity contribution < 1.29 is 5.11 Å². The highest BCUT2D eigenvalue weighted by Crippen LogP contribution is 2.37. The summed E-state index contributed by atoms with van der Waals surface area (Å²) in [6, 6.07) is 9.13. The number of nitrogens with one attached hydrogen (secondary N) is 1. The van der Waals surface area contributed by atoms with Gasteiger partial charge in [-0.15, -0.1) is 0 Å². The van der Waals surface area contributed by atoms with Gasteiger partial charge in [-0.25, -0.2) is 0 Å². The predicted molar refractivity (Wildman–Crippen MR) is 76.1 cm³/mol. The summed E-state index contributed by atoms with van der Waals surface area (Å²) in [7, 11) is 0. The summed E-state index contributed by atoms with van der Waals surface area (Å²) in [5.41, 5.74) is 1.35. The third-order valence-electron chi connectivity index (χ3n) is 4.10. The highest BCUT2D eigenvalue weighted by molar-refractivity contribution is 6.30. The number of benzene rings is 1. The zero-order chi connectivity index (χ0) is 13.1. The van der Waals surface area contributed by atoms with Gasteiger partial charge in [-0.3, -0.25) is 0 Å². The van der Waals surface area contributed by atoms with Crippen LogP contribution in [0, 0.1) is 5.92 Å². The average Bonchev–Trinajstić information content (AvgIpc) is 2.31. The minimum atomic E-state index is 0.249.